The monoisotopic (exact) mass is 322 g/mol. The molecule has 0 radical (unpaired) electrons. The number of nitro benzene ring substituents is 1. The summed E-state index contributed by atoms with van der Waals surface area (Å²) < 4.78 is 1.89. The number of hydrogen-bond acceptors (Lipinski definition) is 3. The van der Waals surface area contributed by atoms with Crippen LogP contribution >= 0.6 is 11.6 Å². The smallest absolute Gasteiger partial charge is 0.319 e. The molecular weight excluding hydrogens is 308 g/mol. The van der Waals surface area contributed by atoms with E-state index in [9.17, 15) is 14.9 Å². The van der Waals surface area contributed by atoms with Gasteiger partial charge in [-0.25, -0.2) is 4.79 Å². The van der Waals surface area contributed by atoms with Crippen molar-refractivity contribution in [3.05, 3.63) is 57.4 Å². The lowest BCUT2D eigenvalue weighted by Gasteiger charge is -2.14. The number of carbonyl (C=O) groups is 1. The number of anilines is 1. The van der Waals surface area contributed by atoms with Crippen molar-refractivity contribution in [2.45, 2.75) is 13.0 Å². The van der Waals surface area contributed by atoms with Gasteiger partial charge in [-0.2, -0.15) is 0 Å². The van der Waals surface area contributed by atoms with E-state index in [1.54, 1.807) is 0 Å². The van der Waals surface area contributed by atoms with Gasteiger partial charge in [-0.1, -0.05) is 11.6 Å². The third-order valence-corrected chi connectivity index (χ3v) is 3.43. The van der Waals surface area contributed by atoms with Crippen molar-refractivity contribution >= 4 is 29.0 Å². The van der Waals surface area contributed by atoms with Crippen LogP contribution in [-0.4, -0.2) is 15.5 Å². The molecule has 8 heteroatoms. The number of nitrogens with one attached hydrogen (secondary N) is 2. The highest BCUT2D eigenvalue weighted by Crippen LogP contribution is 2.26. The van der Waals surface area contributed by atoms with Gasteiger partial charge >= 0.3 is 6.03 Å². The molecule has 2 N–H and O–H groups in total. The number of aromatic nitrogens is 1. The molecule has 116 valence electrons. The Kier molecular flexibility index (Phi) is 4.67. The van der Waals surface area contributed by atoms with E-state index in [2.05, 4.69) is 10.6 Å². The fraction of sp³-hybridized carbons (Fsp3) is 0.214. The van der Waals surface area contributed by atoms with E-state index in [-0.39, 0.29) is 16.8 Å². The van der Waals surface area contributed by atoms with Crippen LogP contribution in [-0.2, 0) is 7.05 Å². The van der Waals surface area contributed by atoms with Gasteiger partial charge in [0.25, 0.3) is 5.69 Å². The summed E-state index contributed by atoms with van der Waals surface area (Å²) in [6.45, 7) is 1.85. The average Bonchev–Trinajstić information content (AvgIpc) is 2.87. The summed E-state index contributed by atoms with van der Waals surface area (Å²) in [5.74, 6) is 0. The topological polar surface area (TPSA) is 89.2 Å². The molecule has 0 aliphatic heterocycles. The zero-order chi connectivity index (χ0) is 16.3. The van der Waals surface area contributed by atoms with Gasteiger partial charge in [-0.05, 0) is 24.6 Å². The van der Waals surface area contributed by atoms with Crippen molar-refractivity contribution < 1.29 is 9.72 Å². The van der Waals surface area contributed by atoms with Crippen LogP contribution < -0.4 is 10.6 Å². The minimum Gasteiger partial charge on any atom is -0.357 e. The number of nitrogens with zero attached hydrogens (tertiary/aromatic N) is 2. The summed E-state index contributed by atoms with van der Waals surface area (Å²) in [4.78, 5) is 22.0. The van der Waals surface area contributed by atoms with Crippen molar-refractivity contribution in [3.63, 3.8) is 0 Å². The predicted molar refractivity (Wildman–Crippen MR) is 84.1 cm³/mol. The number of non-ortho nitro benzene ring substituents is 1. The molecule has 22 heavy (non-hydrogen) atoms. The quantitative estimate of drug-likeness (QED) is 0.667. The first-order valence-corrected chi connectivity index (χ1v) is 6.88. The van der Waals surface area contributed by atoms with Crippen molar-refractivity contribution in [1.29, 1.82) is 0 Å². The molecule has 1 aromatic carbocycles. The standard InChI is InChI=1S/C14H15ClN4O3/c1-9(10-5-6-18(2)8-10)16-14(20)17-13-4-3-11(19(21)22)7-12(13)15/h3-9H,1-2H3,(H2,16,17,20)/t9-/m0/s1. The molecule has 1 aromatic heterocycles. The Bertz CT molecular complexity index is 714. The summed E-state index contributed by atoms with van der Waals surface area (Å²) in [7, 11) is 1.90. The van der Waals surface area contributed by atoms with Crippen LogP contribution in [0.1, 0.15) is 18.5 Å². The Balaban J connectivity index is 2.01. The largest absolute Gasteiger partial charge is 0.357 e. The first-order chi connectivity index (χ1) is 10.4. The van der Waals surface area contributed by atoms with Gasteiger partial charge in [0.15, 0.2) is 0 Å². The zero-order valence-electron chi connectivity index (χ0n) is 12.0. The third-order valence-electron chi connectivity index (χ3n) is 3.11. The summed E-state index contributed by atoms with van der Waals surface area (Å²) in [5, 5.41) is 16.1. The number of aryl methyl sites for hydroxylation is 1. The predicted octanol–water partition coefficient (Wildman–Crippen LogP) is 3.47. The Morgan fingerprint density at radius 3 is 2.68 bits per heavy atom. The number of carbonyl (C=O) groups excluding carboxylic acids is 1. The number of nitro groups is 1. The first kappa shape index (κ1) is 15.8. The molecule has 0 saturated heterocycles. The summed E-state index contributed by atoms with van der Waals surface area (Å²) in [6, 6.07) is 5.15. The van der Waals surface area contributed by atoms with Crippen LogP contribution in [0.3, 0.4) is 0 Å². The van der Waals surface area contributed by atoms with Crippen molar-refractivity contribution in [3.8, 4) is 0 Å². The van der Waals surface area contributed by atoms with Crippen LogP contribution in [0.4, 0.5) is 16.2 Å². The normalized spacial score (nSPS) is 11.8. The molecule has 0 aliphatic carbocycles. The molecule has 1 heterocycles. The van der Waals surface area contributed by atoms with Crippen molar-refractivity contribution in [1.82, 2.24) is 9.88 Å². The van der Waals surface area contributed by atoms with Gasteiger partial charge in [0.1, 0.15) is 0 Å². The maximum atomic E-state index is 12.0. The molecule has 0 spiro atoms. The molecular formula is C14H15ClN4O3. The minimum absolute atomic E-state index is 0.108. The molecule has 0 aliphatic rings. The van der Waals surface area contributed by atoms with Gasteiger partial charge in [-0.15, -0.1) is 0 Å². The zero-order valence-corrected chi connectivity index (χ0v) is 12.8. The number of amides is 2. The number of hydrogen-bond donors (Lipinski definition) is 2. The maximum Gasteiger partial charge on any atom is 0.319 e. The lowest BCUT2D eigenvalue weighted by Crippen LogP contribution is -2.31. The van der Waals surface area contributed by atoms with E-state index < -0.39 is 11.0 Å². The van der Waals surface area contributed by atoms with E-state index in [1.165, 1.54) is 18.2 Å². The van der Waals surface area contributed by atoms with Gasteiger partial charge in [0, 0.05) is 31.6 Å². The number of urea groups is 1. The molecule has 0 bridgehead atoms. The summed E-state index contributed by atoms with van der Waals surface area (Å²) >= 11 is 5.92. The second-order valence-electron chi connectivity index (χ2n) is 4.85. The van der Waals surface area contributed by atoms with E-state index in [1.807, 2.05) is 37.0 Å². The Labute approximate surface area is 132 Å². The Morgan fingerprint density at radius 1 is 1.41 bits per heavy atom. The van der Waals surface area contributed by atoms with E-state index in [0.717, 1.165) is 5.56 Å². The molecule has 0 fully saturated rings. The van der Waals surface area contributed by atoms with E-state index in [4.69, 9.17) is 11.6 Å². The number of halogens is 1. The molecule has 7 nitrogen and oxygen atoms in total. The van der Waals surface area contributed by atoms with Crippen LogP contribution in [0.15, 0.2) is 36.7 Å². The van der Waals surface area contributed by atoms with E-state index >= 15 is 0 Å². The lowest BCUT2D eigenvalue weighted by atomic mass is 10.2. The fourth-order valence-electron chi connectivity index (χ4n) is 1.94. The lowest BCUT2D eigenvalue weighted by molar-refractivity contribution is -0.384. The fourth-order valence-corrected chi connectivity index (χ4v) is 2.16. The second kappa shape index (κ2) is 6.48. The molecule has 1 atom stereocenters. The van der Waals surface area contributed by atoms with Gasteiger partial charge in [0.2, 0.25) is 0 Å². The van der Waals surface area contributed by atoms with Crippen LogP contribution in [0.5, 0.6) is 0 Å². The Hall–Kier alpha value is -2.54. The average molecular weight is 323 g/mol. The van der Waals surface area contributed by atoms with E-state index in [0.29, 0.717) is 5.69 Å². The number of rotatable bonds is 4. The SMILES string of the molecule is C[C@H](NC(=O)Nc1ccc([N+](=O)[O-])cc1Cl)c1ccn(C)c1. The molecule has 2 aromatic rings. The first-order valence-electron chi connectivity index (χ1n) is 6.50. The van der Waals surface area contributed by atoms with Gasteiger partial charge < -0.3 is 15.2 Å². The number of benzene rings is 1. The Morgan fingerprint density at radius 2 is 2.14 bits per heavy atom. The van der Waals surface area contributed by atoms with Crippen LogP contribution in [0.2, 0.25) is 5.02 Å². The maximum absolute atomic E-state index is 12.0. The summed E-state index contributed by atoms with van der Waals surface area (Å²) in [6.07, 6.45) is 3.79. The molecule has 0 unspecified atom stereocenters. The minimum atomic E-state index is -0.548. The van der Waals surface area contributed by atoms with Gasteiger partial charge in [0.05, 0.1) is 21.7 Å². The van der Waals surface area contributed by atoms with Crippen LogP contribution in [0, 0.1) is 10.1 Å². The molecule has 0 saturated carbocycles. The highest BCUT2D eigenvalue weighted by atomic mass is 35.5. The summed E-state index contributed by atoms with van der Waals surface area (Å²) in [5.41, 5.74) is 1.14. The third kappa shape index (κ3) is 3.76. The highest BCUT2D eigenvalue weighted by molar-refractivity contribution is 6.33. The van der Waals surface area contributed by atoms with Crippen molar-refractivity contribution in [2.75, 3.05) is 5.32 Å². The van der Waals surface area contributed by atoms with Gasteiger partial charge in [-0.3, -0.25) is 10.1 Å². The van der Waals surface area contributed by atoms with Crippen LogP contribution in [0.25, 0.3) is 0 Å². The highest BCUT2D eigenvalue weighted by Gasteiger charge is 2.14. The molecule has 2 rings (SSSR count). The second-order valence-corrected chi connectivity index (χ2v) is 5.26. The van der Waals surface area contributed by atoms with Crippen molar-refractivity contribution in [2.24, 2.45) is 7.05 Å². The molecule has 2 amide bonds.